The number of halogens is 3. The molecule has 4 N–H and O–H groups in total. The Morgan fingerprint density at radius 2 is 1.86 bits per heavy atom. The number of anilines is 1. The number of aliphatic carboxylic acids is 1. The molecule has 0 unspecified atom stereocenters. The van der Waals surface area contributed by atoms with E-state index in [1.54, 1.807) is 0 Å². The van der Waals surface area contributed by atoms with Crippen LogP contribution in [0.3, 0.4) is 0 Å². The second-order valence-corrected chi connectivity index (χ2v) is 5.16. The Kier molecular flexibility index (Phi) is 4.50. The van der Waals surface area contributed by atoms with Crippen LogP contribution in [0.2, 0.25) is 0 Å². The average Bonchev–Trinajstić information content (AvgIpc) is 2.34. The van der Waals surface area contributed by atoms with Crippen LogP contribution < -0.4 is 11.1 Å². The van der Waals surface area contributed by atoms with Crippen LogP contribution in [-0.4, -0.2) is 23.5 Å². The van der Waals surface area contributed by atoms with Gasteiger partial charge in [-0.2, -0.15) is 13.2 Å². The summed E-state index contributed by atoms with van der Waals surface area (Å²) in [6.45, 7) is 2.80. The van der Waals surface area contributed by atoms with Crippen LogP contribution in [0, 0.1) is 5.41 Å². The van der Waals surface area contributed by atoms with Crippen LogP contribution in [0.4, 0.5) is 18.9 Å². The molecule has 1 amide bonds. The maximum absolute atomic E-state index is 12.9. The number of hydrogen-bond donors (Lipinski definition) is 3. The summed E-state index contributed by atoms with van der Waals surface area (Å²) in [5.74, 6) is -2.26. The average molecular weight is 304 g/mol. The van der Waals surface area contributed by atoms with Gasteiger partial charge in [-0.25, -0.2) is 0 Å². The van der Waals surface area contributed by atoms with Crippen molar-refractivity contribution in [3.05, 3.63) is 29.3 Å². The number of amides is 1. The van der Waals surface area contributed by atoms with Crippen molar-refractivity contribution in [3.8, 4) is 0 Å². The van der Waals surface area contributed by atoms with Crippen molar-refractivity contribution in [2.24, 2.45) is 11.1 Å². The van der Waals surface area contributed by atoms with Crippen molar-refractivity contribution in [3.63, 3.8) is 0 Å². The first-order chi connectivity index (χ1) is 9.45. The van der Waals surface area contributed by atoms with Gasteiger partial charge in [-0.15, -0.1) is 0 Å². The van der Waals surface area contributed by atoms with Crippen molar-refractivity contribution in [2.75, 3.05) is 11.9 Å². The normalized spacial score (nSPS) is 12.0. The van der Waals surface area contributed by atoms with Crippen LogP contribution in [0.5, 0.6) is 0 Å². The molecule has 0 bridgehead atoms. The number of benzene rings is 1. The van der Waals surface area contributed by atoms with Gasteiger partial charge in [0, 0.05) is 12.2 Å². The third kappa shape index (κ3) is 4.11. The van der Waals surface area contributed by atoms with Gasteiger partial charge in [0.25, 0.3) is 0 Å². The van der Waals surface area contributed by atoms with Gasteiger partial charge in [0.2, 0.25) is 5.91 Å². The van der Waals surface area contributed by atoms with Crippen molar-refractivity contribution in [1.82, 2.24) is 0 Å². The quantitative estimate of drug-likeness (QED) is 0.778. The molecule has 0 aliphatic rings. The Labute approximate surface area is 118 Å². The Morgan fingerprint density at radius 1 is 1.29 bits per heavy atom. The van der Waals surface area contributed by atoms with E-state index < -0.39 is 34.6 Å². The van der Waals surface area contributed by atoms with Crippen molar-refractivity contribution in [1.29, 1.82) is 0 Å². The summed E-state index contributed by atoms with van der Waals surface area (Å²) >= 11 is 0. The molecule has 0 spiro atoms. The van der Waals surface area contributed by atoms with E-state index in [4.69, 9.17) is 10.8 Å². The van der Waals surface area contributed by atoms with E-state index in [0.29, 0.717) is 0 Å². The van der Waals surface area contributed by atoms with Gasteiger partial charge in [-0.1, -0.05) is 0 Å². The number of primary amides is 1. The molecule has 0 aliphatic carbocycles. The van der Waals surface area contributed by atoms with Gasteiger partial charge < -0.3 is 16.2 Å². The topological polar surface area (TPSA) is 92.4 Å². The first-order valence-electron chi connectivity index (χ1n) is 5.93. The van der Waals surface area contributed by atoms with Gasteiger partial charge in [0.15, 0.2) is 0 Å². The maximum Gasteiger partial charge on any atom is 0.417 e. The molecular formula is C13H15F3N2O3. The van der Waals surface area contributed by atoms with Crippen LogP contribution in [-0.2, 0) is 11.0 Å². The molecule has 8 heteroatoms. The van der Waals surface area contributed by atoms with E-state index in [9.17, 15) is 22.8 Å². The minimum Gasteiger partial charge on any atom is -0.481 e. The third-order valence-corrected chi connectivity index (χ3v) is 2.90. The monoisotopic (exact) mass is 304 g/mol. The summed E-state index contributed by atoms with van der Waals surface area (Å²) in [7, 11) is 0. The van der Waals surface area contributed by atoms with Crippen LogP contribution >= 0.6 is 0 Å². The molecule has 21 heavy (non-hydrogen) atoms. The first kappa shape index (κ1) is 16.8. The van der Waals surface area contributed by atoms with E-state index >= 15 is 0 Å². The highest BCUT2D eigenvalue weighted by atomic mass is 19.4. The minimum absolute atomic E-state index is 0.0571. The molecule has 0 radical (unpaired) electrons. The Balaban J connectivity index is 3.07. The lowest BCUT2D eigenvalue weighted by Gasteiger charge is -2.21. The number of carbonyl (C=O) groups is 2. The van der Waals surface area contributed by atoms with Gasteiger partial charge in [0.1, 0.15) is 0 Å². The highest BCUT2D eigenvalue weighted by molar-refractivity contribution is 5.95. The predicted molar refractivity (Wildman–Crippen MR) is 69.9 cm³/mol. The second-order valence-electron chi connectivity index (χ2n) is 5.16. The lowest BCUT2D eigenvalue weighted by Crippen LogP contribution is -2.31. The zero-order chi connectivity index (χ0) is 16.4. The molecule has 1 aromatic rings. The Morgan fingerprint density at radius 3 is 2.29 bits per heavy atom. The predicted octanol–water partition coefficient (Wildman–Crippen LogP) is 2.33. The van der Waals surface area contributed by atoms with Gasteiger partial charge in [-0.05, 0) is 32.0 Å². The molecular weight excluding hydrogens is 289 g/mol. The Hall–Kier alpha value is -2.25. The molecule has 0 aliphatic heterocycles. The molecule has 0 saturated carbocycles. The molecule has 0 saturated heterocycles. The molecule has 0 atom stereocenters. The number of carboxylic acids is 1. The van der Waals surface area contributed by atoms with E-state index in [-0.39, 0.29) is 12.2 Å². The molecule has 1 aromatic carbocycles. The zero-order valence-electron chi connectivity index (χ0n) is 11.4. The largest absolute Gasteiger partial charge is 0.481 e. The summed E-state index contributed by atoms with van der Waals surface area (Å²) in [4.78, 5) is 21.9. The smallest absolute Gasteiger partial charge is 0.417 e. The van der Waals surface area contributed by atoms with Gasteiger partial charge in [0.05, 0.1) is 16.5 Å². The van der Waals surface area contributed by atoms with E-state index in [1.165, 1.54) is 19.9 Å². The summed E-state index contributed by atoms with van der Waals surface area (Å²) in [5, 5.41) is 11.6. The number of nitrogens with one attached hydrogen (secondary N) is 1. The minimum atomic E-state index is -4.73. The van der Waals surface area contributed by atoms with Crippen LogP contribution in [0.1, 0.15) is 29.8 Å². The summed E-state index contributed by atoms with van der Waals surface area (Å²) in [6, 6.07) is 2.94. The fraction of sp³-hybridized carbons (Fsp3) is 0.385. The number of rotatable bonds is 5. The number of carboxylic acid groups (broad SMARTS) is 1. The lowest BCUT2D eigenvalue weighted by molar-refractivity contribution is -0.146. The molecule has 0 aromatic heterocycles. The van der Waals surface area contributed by atoms with E-state index in [1.807, 2.05) is 0 Å². The van der Waals surface area contributed by atoms with Crippen molar-refractivity contribution < 1.29 is 27.9 Å². The second kappa shape index (κ2) is 5.63. The van der Waals surface area contributed by atoms with Crippen molar-refractivity contribution in [2.45, 2.75) is 20.0 Å². The van der Waals surface area contributed by atoms with Gasteiger partial charge in [-0.3, -0.25) is 9.59 Å². The van der Waals surface area contributed by atoms with Crippen LogP contribution in [0.25, 0.3) is 0 Å². The first-order valence-corrected chi connectivity index (χ1v) is 5.93. The van der Waals surface area contributed by atoms with E-state index in [2.05, 4.69) is 5.32 Å². The summed E-state index contributed by atoms with van der Waals surface area (Å²) in [6.07, 6.45) is -4.73. The zero-order valence-corrected chi connectivity index (χ0v) is 11.4. The number of alkyl halides is 3. The molecule has 116 valence electrons. The molecule has 0 fully saturated rings. The van der Waals surface area contributed by atoms with Gasteiger partial charge >= 0.3 is 12.1 Å². The lowest BCUT2D eigenvalue weighted by atomic mass is 9.93. The summed E-state index contributed by atoms with van der Waals surface area (Å²) < 4.78 is 38.6. The number of nitrogens with two attached hydrogens (primary N) is 1. The maximum atomic E-state index is 12.9. The number of carbonyl (C=O) groups excluding carboxylic acids is 1. The molecule has 5 nitrogen and oxygen atoms in total. The third-order valence-electron chi connectivity index (χ3n) is 2.90. The highest BCUT2D eigenvalue weighted by Crippen LogP contribution is 2.34. The molecule has 1 rings (SSSR count). The number of hydrogen-bond acceptors (Lipinski definition) is 3. The fourth-order valence-corrected chi connectivity index (χ4v) is 1.50. The molecule has 0 heterocycles. The SMILES string of the molecule is CC(C)(CNc1ccc(C(N)=O)c(C(F)(F)F)c1)C(=O)O. The van der Waals surface area contributed by atoms with Crippen molar-refractivity contribution >= 4 is 17.6 Å². The standard InChI is InChI=1S/C13H15F3N2O3/c1-12(2,11(20)21)6-18-7-3-4-8(10(17)19)9(5-7)13(14,15)16/h3-5,18H,6H2,1-2H3,(H2,17,19)(H,20,21). The van der Waals surface area contributed by atoms with Crippen LogP contribution in [0.15, 0.2) is 18.2 Å². The Bertz CT molecular complexity index is 568. The van der Waals surface area contributed by atoms with E-state index in [0.717, 1.165) is 12.1 Å². The highest BCUT2D eigenvalue weighted by Gasteiger charge is 2.35. The summed E-state index contributed by atoms with van der Waals surface area (Å²) in [5.41, 5.74) is 2.02. The fourth-order valence-electron chi connectivity index (χ4n) is 1.50.